The smallest absolute Gasteiger partial charge is 0.262 e. The number of hydrogen-bond donors (Lipinski definition) is 2. The van der Waals surface area contributed by atoms with Gasteiger partial charge < -0.3 is 5.11 Å². The van der Waals surface area contributed by atoms with Crippen molar-refractivity contribution in [3.63, 3.8) is 0 Å². The number of sulfonamides is 1. The Balaban J connectivity index is 2.35. The molecule has 21 heavy (non-hydrogen) atoms. The Hall–Kier alpha value is -1.57. The molecule has 0 fully saturated rings. The molecule has 7 heteroatoms. The monoisotopic (exact) mass is 327 g/mol. The molecule has 0 aromatic heterocycles. The van der Waals surface area contributed by atoms with E-state index >= 15 is 0 Å². The molecule has 0 aliphatic carbocycles. The molecule has 0 bridgehead atoms. The maximum Gasteiger partial charge on any atom is 0.262 e. The maximum atomic E-state index is 13.3. The van der Waals surface area contributed by atoms with Gasteiger partial charge in [0.25, 0.3) is 10.0 Å². The van der Waals surface area contributed by atoms with E-state index in [1.54, 1.807) is 36.0 Å². The predicted molar refractivity (Wildman–Crippen MR) is 81.4 cm³/mol. The molecule has 0 spiro atoms. The van der Waals surface area contributed by atoms with Crippen molar-refractivity contribution in [2.24, 2.45) is 0 Å². The van der Waals surface area contributed by atoms with E-state index in [0.29, 0.717) is 5.69 Å². The molecule has 0 aliphatic rings. The standard InChI is InChI=1S/C14H14FNO3S2/c1-20-13-6-4-12(5-7-13)16-21(18,19)14-8-11(15)3-2-10(14)9-17/h2-8,16-17H,9H2,1H3. The Morgan fingerprint density at radius 1 is 1.19 bits per heavy atom. The molecule has 0 amide bonds. The summed E-state index contributed by atoms with van der Waals surface area (Å²) in [5.41, 5.74) is 0.519. The summed E-state index contributed by atoms with van der Waals surface area (Å²) in [6, 6.07) is 10.1. The Kier molecular flexibility index (Phi) is 4.87. The van der Waals surface area contributed by atoms with Crippen LogP contribution in [0.15, 0.2) is 52.3 Å². The number of thioether (sulfide) groups is 1. The van der Waals surface area contributed by atoms with Crippen molar-refractivity contribution in [2.45, 2.75) is 16.4 Å². The lowest BCUT2D eigenvalue weighted by molar-refractivity contribution is 0.278. The van der Waals surface area contributed by atoms with Crippen molar-refractivity contribution in [1.29, 1.82) is 0 Å². The zero-order valence-electron chi connectivity index (χ0n) is 11.2. The van der Waals surface area contributed by atoms with Crippen LogP contribution in [-0.4, -0.2) is 19.8 Å². The van der Waals surface area contributed by atoms with Crippen molar-refractivity contribution < 1.29 is 17.9 Å². The lowest BCUT2D eigenvalue weighted by atomic mass is 10.2. The van der Waals surface area contributed by atoms with Gasteiger partial charge >= 0.3 is 0 Å². The first-order valence-corrected chi connectivity index (χ1v) is 8.73. The number of anilines is 1. The first-order chi connectivity index (χ1) is 9.96. The second kappa shape index (κ2) is 6.46. The SMILES string of the molecule is CSc1ccc(NS(=O)(=O)c2cc(F)ccc2CO)cc1. The van der Waals surface area contributed by atoms with E-state index in [1.165, 1.54) is 6.07 Å². The van der Waals surface area contributed by atoms with E-state index in [9.17, 15) is 17.9 Å². The van der Waals surface area contributed by atoms with E-state index in [4.69, 9.17) is 0 Å². The highest BCUT2D eigenvalue weighted by Gasteiger charge is 2.19. The Bertz CT molecular complexity index is 730. The van der Waals surface area contributed by atoms with Crippen LogP contribution in [0.2, 0.25) is 0 Å². The summed E-state index contributed by atoms with van der Waals surface area (Å²) < 4.78 is 40.2. The Labute approximate surface area is 127 Å². The van der Waals surface area contributed by atoms with E-state index in [-0.39, 0.29) is 10.5 Å². The number of hydrogen-bond acceptors (Lipinski definition) is 4. The fraction of sp³-hybridized carbons (Fsp3) is 0.143. The third-order valence-electron chi connectivity index (χ3n) is 2.83. The highest BCUT2D eigenvalue weighted by Crippen LogP contribution is 2.23. The average molecular weight is 327 g/mol. The third-order valence-corrected chi connectivity index (χ3v) is 5.04. The molecule has 0 unspecified atom stereocenters. The van der Waals surface area contributed by atoms with Gasteiger partial charge in [0.15, 0.2) is 0 Å². The lowest BCUT2D eigenvalue weighted by Gasteiger charge is -2.11. The number of aliphatic hydroxyl groups is 1. The minimum atomic E-state index is -3.95. The van der Waals surface area contributed by atoms with Crippen LogP contribution in [0.4, 0.5) is 10.1 Å². The molecule has 2 aromatic carbocycles. The predicted octanol–water partition coefficient (Wildman–Crippen LogP) is 2.84. The molecule has 4 nitrogen and oxygen atoms in total. The van der Waals surface area contributed by atoms with Crippen LogP contribution in [0.1, 0.15) is 5.56 Å². The summed E-state index contributed by atoms with van der Waals surface area (Å²) in [6.45, 7) is -0.484. The second-order valence-corrected chi connectivity index (χ2v) is 6.77. The van der Waals surface area contributed by atoms with Crippen LogP contribution in [0.3, 0.4) is 0 Å². The molecular formula is C14H14FNO3S2. The average Bonchev–Trinajstić information content (AvgIpc) is 2.47. The van der Waals surface area contributed by atoms with Crippen LogP contribution < -0.4 is 4.72 Å². The minimum absolute atomic E-state index is 0.143. The molecule has 112 valence electrons. The fourth-order valence-electron chi connectivity index (χ4n) is 1.78. The minimum Gasteiger partial charge on any atom is -0.392 e. The normalized spacial score (nSPS) is 11.4. The molecular weight excluding hydrogens is 313 g/mol. The van der Waals surface area contributed by atoms with E-state index in [1.807, 2.05) is 6.26 Å². The van der Waals surface area contributed by atoms with Gasteiger partial charge in [0.05, 0.1) is 11.5 Å². The molecule has 0 radical (unpaired) electrons. The number of halogens is 1. The summed E-state index contributed by atoms with van der Waals surface area (Å²) in [6.07, 6.45) is 1.92. The number of aliphatic hydroxyl groups excluding tert-OH is 1. The van der Waals surface area contributed by atoms with Gasteiger partial charge in [-0.1, -0.05) is 6.07 Å². The summed E-state index contributed by atoms with van der Waals surface area (Å²) in [5, 5.41) is 9.19. The molecule has 2 aromatic rings. The molecule has 0 atom stereocenters. The highest BCUT2D eigenvalue weighted by atomic mass is 32.2. The van der Waals surface area contributed by atoms with Crippen molar-refractivity contribution in [2.75, 3.05) is 11.0 Å². The largest absolute Gasteiger partial charge is 0.392 e. The van der Waals surface area contributed by atoms with Crippen LogP contribution in [-0.2, 0) is 16.6 Å². The molecule has 0 saturated carbocycles. The van der Waals surface area contributed by atoms with E-state index < -0.39 is 22.4 Å². The highest BCUT2D eigenvalue weighted by molar-refractivity contribution is 7.98. The van der Waals surface area contributed by atoms with Crippen molar-refractivity contribution in [3.8, 4) is 0 Å². The third kappa shape index (κ3) is 3.75. The van der Waals surface area contributed by atoms with Crippen LogP contribution in [0.25, 0.3) is 0 Å². The Morgan fingerprint density at radius 2 is 1.86 bits per heavy atom. The van der Waals surface area contributed by atoms with E-state index in [0.717, 1.165) is 17.0 Å². The van der Waals surface area contributed by atoms with Gasteiger partial charge in [-0.25, -0.2) is 12.8 Å². The van der Waals surface area contributed by atoms with Crippen LogP contribution in [0.5, 0.6) is 0 Å². The number of rotatable bonds is 5. The topological polar surface area (TPSA) is 66.4 Å². The number of nitrogens with one attached hydrogen (secondary N) is 1. The summed E-state index contributed by atoms with van der Waals surface area (Å²) in [5.74, 6) is -0.676. The molecule has 0 aliphatic heterocycles. The van der Waals surface area contributed by atoms with Gasteiger partial charge in [-0.2, -0.15) is 0 Å². The van der Waals surface area contributed by atoms with Crippen molar-refractivity contribution in [3.05, 3.63) is 53.8 Å². The van der Waals surface area contributed by atoms with Gasteiger partial charge in [-0.3, -0.25) is 4.72 Å². The van der Waals surface area contributed by atoms with Gasteiger partial charge in [0.2, 0.25) is 0 Å². The Morgan fingerprint density at radius 3 is 2.43 bits per heavy atom. The molecule has 2 N–H and O–H groups in total. The fourth-order valence-corrected chi connectivity index (χ4v) is 3.49. The second-order valence-electron chi connectivity index (χ2n) is 4.24. The molecule has 0 heterocycles. The molecule has 2 rings (SSSR count). The van der Waals surface area contributed by atoms with Gasteiger partial charge in [0.1, 0.15) is 5.82 Å². The zero-order chi connectivity index (χ0) is 15.5. The maximum absolute atomic E-state index is 13.3. The van der Waals surface area contributed by atoms with Crippen molar-refractivity contribution >= 4 is 27.5 Å². The first-order valence-electron chi connectivity index (χ1n) is 6.02. The number of benzene rings is 2. The lowest BCUT2D eigenvalue weighted by Crippen LogP contribution is -2.15. The van der Waals surface area contributed by atoms with Crippen LogP contribution >= 0.6 is 11.8 Å². The molecule has 0 saturated heterocycles. The summed E-state index contributed by atoms with van der Waals surface area (Å²) >= 11 is 1.54. The van der Waals surface area contributed by atoms with E-state index in [2.05, 4.69) is 4.72 Å². The summed E-state index contributed by atoms with van der Waals surface area (Å²) in [7, 11) is -3.95. The quantitative estimate of drug-likeness (QED) is 0.829. The van der Waals surface area contributed by atoms with Crippen LogP contribution in [0, 0.1) is 5.82 Å². The summed E-state index contributed by atoms with van der Waals surface area (Å²) in [4.78, 5) is 0.735. The zero-order valence-corrected chi connectivity index (χ0v) is 12.8. The first kappa shape index (κ1) is 15.8. The van der Waals surface area contributed by atoms with Crippen molar-refractivity contribution in [1.82, 2.24) is 0 Å². The van der Waals surface area contributed by atoms with Gasteiger partial charge in [-0.05, 0) is 48.2 Å². The van der Waals surface area contributed by atoms with Gasteiger partial charge in [-0.15, -0.1) is 11.8 Å². The van der Waals surface area contributed by atoms with Gasteiger partial charge in [0, 0.05) is 10.6 Å².